The zero-order chi connectivity index (χ0) is 11.6. The van der Waals surface area contributed by atoms with Crippen LogP contribution in [0.1, 0.15) is 43.4 Å². The second-order valence-electron chi connectivity index (χ2n) is 4.77. The molecule has 82 valence electrons. The predicted molar refractivity (Wildman–Crippen MR) is 65.5 cm³/mol. The zero-order valence-electron chi connectivity index (χ0n) is 10.2. The lowest BCUT2D eigenvalue weighted by Gasteiger charge is -2.16. The normalized spacial score (nSPS) is 12.3. The van der Waals surface area contributed by atoms with E-state index in [2.05, 4.69) is 39.4 Å². The SMILES string of the molecule is C=N/C=C\c1c(C)oc(C(C)(C)C)c1C. The Balaban J connectivity index is 3.26. The number of hydrogen-bond acceptors (Lipinski definition) is 2. The van der Waals surface area contributed by atoms with Gasteiger partial charge in [0.15, 0.2) is 0 Å². The predicted octanol–water partition coefficient (Wildman–Crippen LogP) is 3.87. The monoisotopic (exact) mass is 205 g/mol. The molecule has 0 atom stereocenters. The summed E-state index contributed by atoms with van der Waals surface area (Å²) in [5.74, 6) is 1.99. The number of hydrogen-bond donors (Lipinski definition) is 0. The van der Waals surface area contributed by atoms with Crippen LogP contribution in [0.4, 0.5) is 0 Å². The highest BCUT2D eigenvalue weighted by molar-refractivity contribution is 5.57. The maximum atomic E-state index is 5.79. The lowest BCUT2D eigenvalue weighted by Crippen LogP contribution is -2.11. The summed E-state index contributed by atoms with van der Waals surface area (Å²) in [5, 5.41) is 0. The maximum Gasteiger partial charge on any atom is 0.113 e. The Hall–Kier alpha value is -1.31. The van der Waals surface area contributed by atoms with Crippen LogP contribution in [0.15, 0.2) is 15.6 Å². The minimum Gasteiger partial charge on any atom is -0.465 e. The Bertz CT molecular complexity index is 391. The van der Waals surface area contributed by atoms with E-state index in [1.54, 1.807) is 6.20 Å². The van der Waals surface area contributed by atoms with Gasteiger partial charge in [-0.05, 0) is 32.2 Å². The quantitative estimate of drug-likeness (QED) is 0.673. The summed E-state index contributed by atoms with van der Waals surface area (Å²) in [4.78, 5) is 3.71. The second-order valence-corrected chi connectivity index (χ2v) is 4.77. The molecule has 0 bridgehead atoms. The molecule has 0 fully saturated rings. The van der Waals surface area contributed by atoms with Crippen LogP contribution in [0.2, 0.25) is 0 Å². The van der Waals surface area contributed by atoms with E-state index in [0.717, 1.165) is 17.1 Å². The standard InChI is InChI=1S/C13H19NO/c1-9-11(7-8-14-6)10(2)15-12(9)13(3,4)5/h7-8H,6H2,1-5H3/b8-7-. The molecular formula is C13H19NO. The van der Waals surface area contributed by atoms with Gasteiger partial charge in [-0.3, -0.25) is 4.99 Å². The fraction of sp³-hybridized carbons (Fsp3) is 0.462. The van der Waals surface area contributed by atoms with Crippen LogP contribution in [0.5, 0.6) is 0 Å². The lowest BCUT2D eigenvalue weighted by atomic mass is 9.90. The summed E-state index contributed by atoms with van der Waals surface area (Å²) in [7, 11) is 0. The van der Waals surface area contributed by atoms with Gasteiger partial charge in [-0.2, -0.15) is 0 Å². The molecule has 0 saturated carbocycles. The molecule has 2 heteroatoms. The largest absolute Gasteiger partial charge is 0.465 e. The van der Waals surface area contributed by atoms with Crippen molar-refractivity contribution in [2.24, 2.45) is 4.99 Å². The minimum absolute atomic E-state index is 0.0442. The molecule has 2 nitrogen and oxygen atoms in total. The van der Waals surface area contributed by atoms with Gasteiger partial charge in [-0.25, -0.2) is 0 Å². The first-order valence-corrected chi connectivity index (χ1v) is 5.10. The van der Waals surface area contributed by atoms with Crippen molar-refractivity contribution in [1.29, 1.82) is 0 Å². The highest BCUT2D eigenvalue weighted by atomic mass is 16.3. The Kier molecular flexibility index (Phi) is 3.18. The summed E-state index contributed by atoms with van der Waals surface area (Å²) < 4.78 is 5.79. The average Bonchev–Trinajstić information content (AvgIpc) is 2.39. The zero-order valence-corrected chi connectivity index (χ0v) is 10.2. The van der Waals surface area contributed by atoms with Gasteiger partial charge in [0.2, 0.25) is 0 Å². The first-order valence-electron chi connectivity index (χ1n) is 5.10. The average molecular weight is 205 g/mol. The summed E-state index contributed by atoms with van der Waals surface area (Å²) in [6.07, 6.45) is 3.63. The van der Waals surface area contributed by atoms with Gasteiger partial charge in [0, 0.05) is 17.2 Å². The van der Waals surface area contributed by atoms with Gasteiger partial charge in [-0.1, -0.05) is 20.8 Å². The molecule has 0 aliphatic carbocycles. The van der Waals surface area contributed by atoms with E-state index in [-0.39, 0.29) is 5.41 Å². The van der Waals surface area contributed by atoms with Crippen molar-refractivity contribution in [2.75, 3.05) is 0 Å². The van der Waals surface area contributed by atoms with Crippen LogP contribution in [0.25, 0.3) is 6.08 Å². The molecule has 0 N–H and O–H groups in total. The summed E-state index contributed by atoms with van der Waals surface area (Å²) in [5.41, 5.74) is 2.36. The van der Waals surface area contributed by atoms with Crippen molar-refractivity contribution in [3.63, 3.8) is 0 Å². The number of rotatable bonds is 2. The minimum atomic E-state index is 0.0442. The lowest BCUT2D eigenvalue weighted by molar-refractivity contribution is 0.393. The van der Waals surface area contributed by atoms with Gasteiger partial charge in [0.05, 0.1) is 0 Å². The Labute approximate surface area is 91.7 Å². The van der Waals surface area contributed by atoms with Crippen molar-refractivity contribution >= 4 is 12.8 Å². The van der Waals surface area contributed by atoms with Gasteiger partial charge in [-0.15, -0.1) is 0 Å². The van der Waals surface area contributed by atoms with Crippen molar-refractivity contribution in [1.82, 2.24) is 0 Å². The Morgan fingerprint density at radius 1 is 1.27 bits per heavy atom. The van der Waals surface area contributed by atoms with Crippen molar-refractivity contribution < 1.29 is 4.42 Å². The summed E-state index contributed by atoms with van der Waals surface area (Å²) in [6.45, 7) is 13.9. The molecule has 0 aromatic carbocycles. The Morgan fingerprint density at radius 2 is 1.87 bits per heavy atom. The molecule has 0 spiro atoms. The first kappa shape index (κ1) is 11.8. The maximum absolute atomic E-state index is 5.79. The molecule has 0 aliphatic heterocycles. The fourth-order valence-corrected chi connectivity index (χ4v) is 1.76. The molecule has 1 aromatic rings. The second kappa shape index (κ2) is 4.05. The molecule has 0 aliphatic rings. The van der Waals surface area contributed by atoms with Gasteiger partial charge >= 0.3 is 0 Å². The molecule has 0 unspecified atom stereocenters. The van der Waals surface area contributed by atoms with Crippen molar-refractivity contribution in [3.05, 3.63) is 28.8 Å². The molecule has 0 amide bonds. The first-order chi connectivity index (χ1) is 6.88. The fourth-order valence-electron chi connectivity index (χ4n) is 1.76. The third kappa shape index (κ3) is 2.38. The van der Waals surface area contributed by atoms with E-state index >= 15 is 0 Å². The topological polar surface area (TPSA) is 25.5 Å². The van der Waals surface area contributed by atoms with Crippen LogP contribution in [0, 0.1) is 13.8 Å². The van der Waals surface area contributed by atoms with Crippen LogP contribution < -0.4 is 0 Å². The van der Waals surface area contributed by atoms with Gasteiger partial charge in [0.1, 0.15) is 11.5 Å². The molecule has 0 radical (unpaired) electrons. The molecule has 1 rings (SSSR count). The number of aryl methyl sites for hydroxylation is 1. The third-order valence-corrected chi connectivity index (χ3v) is 2.41. The van der Waals surface area contributed by atoms with E-state index in [1.165, 1.54) is 5.56 Å². The van der Waals surface area contributed by atoms with E-state index in [0.29, 0.717) is 0 Å². The number of furan rings is 1. The smallest absolute Gasteiger partial charge is 0.113 e. The highest BCUT2D eigenvalue weighted by Crippen LogP contribution is 2.32. The van der Waals surface area contributed by atoms with E-state index in [4.69, 9.17) is 4.42 Å². The number of aliphatic imine (C=N–C) groups is 1. The van der Waals surface area contributed by atoms with Crippen molar-refractivity contribution in [3.8, 4) is 0 Å². The third-order valence-electron chi connectivity index (χ3n) is 2.41. The van der Waals surface area contributed by atoms with Crippen LogP contribution in [-0.2, 0) is 5.41 Å². The highest BCUT2D eigenvalue weighted by Gasteiger charge is 2.23. The van der Waals surface area contributed by atoms with Crippen LogP contribution >= 0.6 is 0 Å². The van der Waals surface area contributed by atoms with E-state index < -0.39 is 0 Å². The Morgan fingerprint density at radius 3 is 2.27 bits per heavy atom. The molecule has 1 aromatic heterocycles. The van der Waals surface area contributed by atoms with Crippen molar-refractivity contribution in [2.45, 2.75) is 40.0 Å². The molecule has 15 heavy (non-hydrogen) atoms. The van der Waals surface area contributed by atoms with E-state index in [1.807, 2.05) is 13.0 Å². The van der Waals surface area contributed by atoms with Gasteiger partial charge < -0.3 is 4.42 Å². The molecule has 1 heterocycles. The summed E-state index contributed by atoms with van der Waals surface area (Å²) in [6, 6.07) is 0. The van der Waals surface area contributed by atoms with Crippen LogP contribution in [-0.4, -0.2) is 6.72 Å². The molecular weight excluding hydrogens is 186 g/mol. The van der Waals surface area contributed by atoms with Gasteiger partial charge in [0.25, 0.3) is 0 Å². The van der Waals surface area contributed by atoms with Crippen LogP contribution in [0.3, 0.4) is 0 Å². The van der Waals surface area contributed by atoms with E-state index in [9.17, 15) is 0 Å². The summed E-state index contributed by atoms with van der Waals surface area (Å²) >= 11 is 0. The number of nitrogens with zero attached hydrogens (tertiary/aromatic N) is 1. The molecule has 0 saturated heterocycles.